The highest BCUT2D eigenvalue weighted by Gasteiger charge is 2.31. The molecule has 2 aliphatic heterocycles. The van der Waals surface area contributed by atoms with Crippen molar-refractivity contribution in [3.8, 4) is 0 Å². The number of sulfonamides is 1. The molecule has 2 saturated heterocycles. The first-order chi connectivity index (χ1) is 15.1. The van der Waals surface area contributed by atoms with Crippen LogP contribution in [0.4, 0.5) is 5.69 Å². The average Bonchev–Trinajstić information content (AvgIpc) is 3.33. The van der Waals surface area contributed by atoms with Crippen LogP contribution in [-0.2, 0) is 16.4 Å². The summed E-state index contributed by atoms with van der Waals surface area (Å²) in [6.07, 6.45) is 6.92. The Labute approximate surface area is 189 Å². The molecule has 0 unspecified atom stereocenters. The summed E-state index contributed by atoms with van der Waals surface area (Å²) in [7, 11) is -3.64. The van der Waals surface area contributed by atoms with Crippen molar-refractivity contribution in [3.05, 3.63) is 46.2 Å². The van der Waals surface area contributed by atoms with Crippen molar-refractivity contribution in [2.75, 3.05) is 37.6 Å². The van der Waals surface area contributed by atoms with E-state index in [-0.39, 0.29) is 10.8 Å². The molecule has 0 bridgehead atoms. The summed E-state index contributed by atoms with van der Waals surface area (Å²) in [6, 6.07) is 9.23. The minimum absolute atomic E-state index is 0.225. The van der Waals surface area contributed by atoms with Gasteiger partial charge in [-0.2, -0.15) is 4.31 Å². The van der Waals surface area contributed by atoms with E-state index >= 15 is 0 Å². The summed E-state index contributed by atoms with van der Waals surface area (Å²) in [5.74, 6) is -0.225. The smallest absolute Gasteiger partial charge is 0.251 e. The SMILES string of the molecule is O=C(NCCc1cccs1)c1ccc(N2CCCCC2)c(S(=O)(=O)N2CCCCC2)c1. The molecule has 2 fully saturated rings. The Bertz CT molecular complexity index is 978. The van der Waals surface area contributed by atoms with Crippen molar-refractivity contribution in [1.82, 2.24) is 9.62 Å². The summed E-state index contributed by atoms with van der Waals surface area (Å²) >= 11 is 1.67. The van der Waals surface area contributed by atoms with Crippen LogP contribution >= 0.6 is 11.3 Å². The second kappa shape index (κ2) is 10.1. The molecule has 168 valence electrons. The van der Waals surface area contributed by atoms with E-state index in [1.54, 1.807) is 27.8 Å². The van der Waals surface area contributed by atoms with Crippen molar-refractivity contribution >= 4 is 33.0 Å². The van der Waals surface area contributed by atoms with Crippen molar-refractivity contribution in [2.24, 2.45) is 0 Å². The largest absolute Gasteiger partial charge is 0.370 e. The number of anilines is 1. The Morgan fingerprint density at radius 1 is 0.968 bits per heavy atom. The zero-order chi connectivity index (χ0) is 21.7. The second-order valence-electron chi connectivity index (χ2n) is 8.28. The predicted octanol–water partition coefficient (Wildman–Crippen LogP) is 3.89. The van der Waals surface area contributed by atoms with Gasteiger partial charge < -0.3 is 10.2 Å². The van der Waals surface area contributed by atoms with Crippen LogP contribution in [0.5, 0.6) is 0 Å². The lowest BCUT2D eigenvalue weighted by atomic mass is 10.1. The molecule has 3 heterocycles. The molecule has 0 saturated carbocycles. The van der Waals surface area contributed by atoms with Gasteiger partial charge in [0.15, 0.2) is 0 Å². The van der Waals surface area contributed by atoms with Crippen LogP contribution in [0.1, 0.15) is 53.8 Å². The Morgan fingerprint density at radius 2 is 1.68 bits per heavy atom. The first kappa shape index (κ1) is 22.3. The summed E-state index contributed by atoms with van der Waals surface area (Å²) in [6.45, 7) is 3.35. The number of nitrogens with one attached hydrogen (secondary N) is 1. The monoisotopic (exact) mass is 461 g/mol. The summed E-state index contributed by atoms with van der Waals surface area (Å²) in [5.41, 5.74) is 1.14. The van der Waals surface area contributed by atoms with Gasteiger partial charge in [-0.25, -0.2) is 8.42 Å². The lowest BCUT2D eigenvalue weighted by molar-refractivity contribution is 0.0954. The highest BCUT2D eigenvalue weighted by molar-refractivity contribution is 7.89. The number of rotatable bonds is 7. The minimum Gasteiger partial charge on any atom is -0.370 e. The number of benzene rings is 1. The molecule has 4 rings (SSSR count). The molecule has 8 heteroatoms. The number of nitrogens with zero attached hydrogens (tertiary/aromatic N) is 2. The van der Waals surface area contributed by atoms with Crippen molar-refractivity contribution < 1.29 is 13.2 Å². The minimum atomic E-state index is -3.64. The lowest BCUT2D eigenvalue weighted by Gasteiger charge is -2.33. The van der Waals surface area contributed by atoms with Gasteiger partial charge >= 0.3 is 0 Å². The van der Waals surface area contributed by atoms with Gasteiger partial charge in [0, 0.05) is 43.2 Å². The first-order valence-corrected chi connectivity index (χ1v) is 13.6. The van der Waals surface area contributed by atoms with Crippen molar-refractivity contribution in [3.63, 3.8) is 0 Å². The molecule has 1 amide bonds. The number of hydrogen-bond donors (Lipinski definition) is 1. The molecule has 0 radical (unpaired) electrons. The van der Waals surface area contributed by atoms with Gasteiger partial charge in [0.25, 0.3) is 5.91 Å². The first-order valence-electron chi connectivity index (χ1n) is 11.3. The number of amides is 1. The van der Waals surface area contributed by atoms with E-state index in [1.165, 1.54) is 11.3 Å². The third-order valence-corrected chi connectivity index (χ3v) is 8.95. The van der Waals surface area contributed by atoms with Gasteiger partial charge in [-0.05, 0) is 68.2 Å². The zero-order valence-electron chi connectivity index (χ0n) is 17.9. The molecule has 0 atom stereocenters. The third-order valence-electron chi connectivity index (χ3n) is 6.09. The quantitative estimate of drug-likeness (QED) is 0.679. The predicted molar refractivity (Wildman–Crippen MR) is 125 cm³/mol. The summed E-state index contributed by atoms with van der Waals surface area (Å²) < 4.78 is 28.7. The third kappa shape index (κ3) is 5.30. The van der Waals surface area contributed by atoms with Crippen LogP contribution in [0.25, 0.3) is 0 Å². The van der Waals surface area contributed by atoms with Crippen LogP contribution in [0.3, 0.4) is 0 Å². The fourth-order valence-corrected chi connectivity index (χ4v) is 6.82. The zero-order valence-corrected chi connectivity index (χ0v) is 19.5. The number of carbonyl (C=O) groups excluding carboxylic acids is 1. The van der Waals surface area contributed by atoms with Crippen LogP contribution in [0.2, 0.25) is 0 Å². The Morgan fingerprint density at radius 3 is 2.35 bits per heavy atom. The molecule has 0 spiro atoms. The molecule has 0 aliphatic carbocycles. The number of piperidine rings is 2. The topological polar surface area (TPSA) is 69.7 Å². The van der Waals surface area contributed by atoms with Crippen molar-refractivity contribution in [2.45, 2.75) is 49.8 Å². The maximum atomic E-state index is 13.6. The highest BCUT2D eigenvalue weighted by atomic mass is 32.2. The molecule has 6 nitrogen and oxygen atoms in total. The Balaban J connectivity index is 1.58. The number of hydrogen-bond acceptors (Lipinski definition) is 5. The molecule has 1 aromatic carbocycles. The molecule has 2 aromatic rings. The fraction of sp³-hybridized carbons (Fsp3) is 0.522. The van der Waals surface area contributed by atoms with Crippen LogP contribution in [0.15, 0.2) is 40.6 Å². The molecular formula is C23H31N3O3S2. The van der Waals surface area contributed by atoms with E-state index in [4.69, 9.17) is 0 Å². The molecule has 1 N–H and O–H groups in total. The van der Waals surface area contributed by atoms with Gasteiger partial charge in [0.2, 0.25) is 10.0 Å². The summed E-state index contributed by atoms with van der Waals surface area (Å²) in [4.78, 5) is 16.4. The van der Waals surface area contributed by atoms with Gasteiger partial charge in [-0.15, -0.1) is 11.3 Å². The standard InChI is InChI=1S/C23H31N3O3S2/c27-23(24-12-11-20-8-7-17-30-20)19-9-10-21(25-13-3-1-4-14-25)22(18-19)31(28,29)26-15-5-2-6-16-26/h7-10,17-18H,1-6,11-16H2,(H,24,27). The van der Waals surface area contributed by atoms with E-state index < -0.39 is 10.0 Å². The molecule has 1 aromatic heterocycles. The highest BCUT2D eigenvalue weighted by Crippen LogP contribution is 2.32. The lowest BCUT2D eigenvalue weighted by Crippen LogP contribution is -2.38. The number of carbonyl (C=O) groups is 1. The fourth-order valence-electron chi connectivity index (χ4n) is 4.36. The van der Waals surface area contributed by atoms with E-state index in [0.717, 1.165) is 57.3 Å². The summed E-state index contributed by atoms with van der Waals surface area (Å²) in [5, 5.41) is 4.96. The maximum absolute atomic E-state index is 13.6. The van der Waals surface area contributed by atoms with Crippen LogP contribution in [-0.4, -0.2) is 51.4 Å². The molecule has 31 heavy (non-hydrogen) atoms. The Kier molecular flexibility index (Phi) is 7.30. The molecular weight excluding hydrogens is 430 g/mol. The van der Waals surface area contributed by atoms with Crippen LogP contribution < -0.4 is 10.2 Å². The molecule has 2 aliphatic rings. The number of thiophene rings is 1. The maximum Gasteiger partial charge on any atom is 0.251 e. The van der Waals surface area contributed by atoms with E-state index in [0.29, 0.717) is 25.2 Å². The van der Waals surface area contributed by atoms with Gasteiger partial charge in [-0.1, -0.05) is 12.5 Å². The Hall–Kier alpha value is -1.90. The van der Waals surface area contributed by atoms with Gasteiger partial charge in [-0.3, -0.25) is 4.79 Å². The average molecular weight is 462 g/mol. The van der Waals surface area contributed by atoms with E-state index in [1.807, 2.05) is 23.6 Å². The normalized spacial score (nSPS) is 18.1. The van der Waals surface area contributed by atoms with Gasteiger partial charge in [0.05, 0.1) is 5.69 Å². The van der Waals surface area contributed by atoms with E-state index in [2.05, 4.69) is 10.2 Å². The van der Waals surface area contributed by atoms with Crippen LogP contribution in [0, 0.1) is 0 Å². The second-order valence-corrected chi connectivity index (χ2v) is 11.2. The van der Waals surface area contributed by atoms with Gasteiger partial charge in [0.1, 0.15) is 4.90 Å². The van der Waals surface area contributed by atoms with E-state index in [9.17, 15) is 13.2 Å². The van der Waals surface area contributed by atoms with Crippen molar-refractivity contribution in [1.29, 1.82) is 0 Å².